The summed E-state index contributed by atoms with van der Waals surface area (Å²) in [5.41, 5.74) is 3.88. The van der Waals surface area contributed by atoms with Gasteiger partial charge in [0.2, 0.25) is 0 Å². The summed E-state index contributed by atoms with van der Waals surface area (Å²) in [6.07, 6.45) is 4.26. The van der Waals surface area contributed by atoms with E-state index in [-0.39, 0.29) is 0 Å². The topological polar surface area (TPSA) is 4.93 Å². The second-order valence-electron chi connectivity index (χ2n) is 4.70. The number of hydrogen-bond acceptors (Lipinski definition) is 0. The fourth-order valence-corrected chi connectivity index (χ4v) is 2.48. The van der Waals surface area contributed by atoms with Gasteiger partial charge in [-0.05, 0) is 30.7 Å². The first-order valence-corrected chi connectivity index (χ1v) is 6.63. The number of aromatic nitrogens is 1. The average Bonchev–Trinajstić information content (AvgIpc) is 2.79. The average molecular weight is 247 g/mol. The summed E-state index contributed by atoms with van der Waals surface area (Å²) in [5.74, 6) is 0. The standard InChI is InChI=1S/C18H17N/c1-2-8-17-13-16-11-6-7-12-18(16)19(17)14-15-9-4-3-5-10-15/h2-13H,14H2,1H3/b8-2+. The molecule has 0 atom stereocenters. The number of para-hydroxylation sites is 1. The lowest BCUT2D eigenvalue weighted by molar-refractivity contribution is 0.827. The molecule has 0 amide bonds. The second-order valence-corrected chi connectivity index (χ2v) is 4.70. The van der Waals surface area contributed by atoms with Gasteiger partial charge in [0.15, 0.2) is 0 Å². The molecule has 1 heteroatoms. The molecule has 0 N–H and O–H groups in total. The van der Waals surface area contributed by atoms with E-state index in [1.54, 1.807) is 0 Å². The molecule has 0 aliphatic carbocycles. The molecule has 0 saturated heterocycles. The molecule has 0 aliphatic heterocycles. The van der Waals surface area contributed by atoms with Crippen molar-refractivity contribution in [1.29, 1.82) is 0 Å². The maximum absolute atomic E-state index is 2.37. The van der Waals surface area contributed by atoms with E-state index in [0.717, 1.165) is 6.54 Å². The zero-order chi connectivity index (χ0) is 13.1. The lowest BCUT2D eigenvalue weighted by Gasteiger charge is -2.08. The second kappa shape index (κ2) is 5.15. The lowest BCUT2D eigenvalue weighted by Crippen LogP contribution is -2.01. The highest BCUT2D eigenvalue weighted by Crippen LogP contribution is 2.22. The third-order valence-corrected chi connectivity index (χ3v) is 3.36. The highest BCUT2D eigenvalue weighted by molar-refractivity contribution is 5.83. The van der Waals surface area contributed by atoms with E-state index in [4.69, 9.17) is 0 Å². The van der Waals surface area contributed by atoms with E-state index < -0.39 is 0 Å². The van der Waals surface area contributed by atoms with Crippen molar-refractivity contribution in [1.82, 2.24) is 4.57 Å². The molecule has 3 rings (SSSR count). The number of benzene rings is 2. The van der Waals surface area contributed by atoms with Crippen molar-refractivity contribution < 1.29 is 0 Å². The molecule has 94 valence electrons. The molecule has 1 heterocycles. The lowest BCUT2D eigenvalue weighted by atomic mass is 10.2. The monoisotopic (exact) mass is 247 g/mol. The van der Waals surface area contributed by atoms with Crippen LogP contribution < -0.4 is 0 Å². The van der Waals surface area contributed by atoms with Crippen molar-refractivity contribution in [2.45, 2.75) is 13.5 Å². The Labute approximate surface area is 113 Å². The molecule has 0 radical (unpaired) electrons. The molecule has 0 bridgehead atoms. The van der Waals surface area contributed by atoms with Crippen molar-refractivity contribution in [2.24, 2.45) is 0 Å². The van der Waals surface area contributed by atoms with E-state index in [2.05, 4.69) is 84.3 Å². The molecule has 19 heavy (non-hydrogen) atoms. The SMILES string of the molecule is C/C=C/c1cc2ccccc2n1Cc1ccccc1. The van der Waals surface area contributed by atoms with Crippen LogP contribution in [0.25, 0.3) is 17.0 Å². The van der Waals surface area contributed by atoms with Crippen LogP contribution >= 0.6 is 0 Å². The van der Waals surface area contributed by atoms with E-state index in [9.17, 15) is 0 Å². The Hall–Kier alpha value is -2.28. The van der Waals surface area contributed by atoms with Crippen LogP contribution in [-0.2, 0) is 6.54 Å². The summed E-state index contributed by atoms with van der Waals surface area (Å²) < 4.78 is 2.37. The van der Waals surface area contributed by atoms with Crippen LogP contribution in [0.3, 0.4) is 0 Å². The Morgan fingerprint density at radius 3 is 2.47 bits per heavy atom. The summed E-state index contributed by atoms with van der Waals surface area (Å²) in [6.45, 7) is 2.97. The van der Waals surface area contributed by atoms with Crippen LogP contribution in [0.2, 0.25) is 0 Å². The van der Waals surface area contributed by atoms with Crippen LogP contribution in [0.15, 0.2) is 66.7 Å². The number of fused-ring (bicyclic) bond motifs is 1. The minimum atomic E-state index is 0.911. The fraction of sp³-hybridized carbons (Fsp3) is 0.111. The summed E-state index contributed by atoms with van der Waals surface area (Å²) in [6, 6.07) is 21.4. The van der Waals surface area contributed by atoms with Gasteiger partial charge in [-0.25, -0.2) is 0 Å². The Morgan fingerprint density at radius 1 is 0.947 bits per heavy atom. The number of hydrogen-bond donors (Lipinski definition) is 0. The minimum Gasteiger partial charge on any atom is -0.336 e. The van der Waals surface area contributed by atoms with Crippen LogP contribution in [0, 0.1) is 0 Å². The predicted molar refractivity (Wildman–Crippen MR) is 82.2 cm³/mol. The Bertz CT molecular complexity index is 705. The molecular formula is C18H17N. The van der Waals surface area contributed by atoms with E-state index in [1.807, 2.05) is 0 Å². The van der Waals surface area contributed by atoms with Gasteiger partial charge in [-0.1, -0.05) is 54.6 Å². The summed E-state index contributed by atoms with van der Waals surface area (Å²) >= 11 is 0. The van der Waals surface area contributed by atoms with Crippen molar-refractivity contribution >= 4 is 17.0 Å². The van der Waals surface area contributed by atoms with E-state index in [1.165, 1.54) is 22.2 Å². The normalized spacial score (nSPS) is 11.4. The summed E-state index contributed by atoms with van der Waals surface area (Å²) in [4.78, 5) is 0. The van der Waals surface area contributed by atoms with Gasteiger partial charge in [0.05, 0.1) is 0 Å². The van der Waals surface area contributed by atoms with Gasteiger partial charge >= 0.3 is 0 Å². The molecule has 1 nitrogen and oxygen atoms in total. The van der Waals surface area contributed by atoms with E-state index in [0.29, 0.717) is 0 Å². The van der Waals surface area contributed by atoms with Gasteiger partial charge in [-0.15, -0.1) is 0 Å². The van der Waals surface area contributed by atoms with E-state index >= 15 is 0 Å². The minimum absolute atomic E-state index is 0.911. The third kappa shape index (κ3) is 2.32. The molecule has 0 fully saturated rings. The first kappa shape index (κ1) is 11.8. The van der Waals surface area contributed by atoms with Gasteiger partial charge < -0.3 is 4.57 Å². The van der Waals surface area contributed by atoms with Crippen LogP contribution in [-0.4, -0.2) is 4.57 Å². The van der Waals surface area contributed by atoms with Crippen LogP contribution in [0.1, 0.15) is 18.2 Å². The first-order valence-electron chi connectivity index (χ1n) is 6.63. The molecule has 0 spiro atoms. The molecule has 0 saturated carbocycles. The Morgan fingerprint density at radius 2 is 1.68 bits per heavy atom. The molecule has 3 aromatic rings. The number of rotatable bonds is 3. The van der Waals surface area contributed by atoms with Gasteiger partial charge in [-0.3, -0.25) is 0 Å². The smallest absolute Gasteiger partial charge is 0.0488 e. The highest BCUT2D eigenvalue weighted by atomic mass is 15.0. The quantitative estimate of drug-likeness (QED) is 0.631. The summed E-state index contributed by atoms with van der Waals surface area (Å²) in [7, 11) is 0. The largest absolute Gasteiger partial charge is 0.336 e. The Kier molecular flexibility index (Phi) is 3.20. The molecular weight excluding hydrogens is 230 g/mol. The number of nitrogens with zero attached hydrogens (tertiary/aromatic N) is 1. The zero-order valence-corrected chi connectivity index (χ0v) is 11.1. The first-order chi connectivity index (χ1) is 9.38. The summed E-state index contributed by atoms with van der Waals surface area (Å²) in [5, 5.41) is 1.30. The predicted octanol–water partition coefficient (Wildman–Crippen LogP) is 4.72. The van der Waals surface area contributed by atoms with Crippen molar-refractivity contribution in [3.8, 4) is 0 Å². The molecule has 0 unspecified atom stereocenters. The van der Waals surface area contributed by atoms with Crippen LogP contribution in [0.4, 0.5) is 0 Å². The Balaban J connectivity index is 2.12. The zero-order valence-electron chi connectivity index (χ0n) is 11.1. The number of allylic oxidation sites excluding steroid dienone is 1. The molecule has 1 aromatic heterocycles. The maximum atomic E-state index is 2.37. The van der Waals surface area contributed by atoms with Gasteiger partial charge in [-0.2, -0.15) is 0 Å². The van der Waals surface area contributed by atoms with Gasteiger partial charge in [0, 0.05) is 23.1 Å². The third-order valence-electron chi connectivity index (χ3n) is 3.36. The highest BCUT2D eigenvalue weighted by Gasteiger charge is 2.06. The van der Waals surface area contributed by atoms with Crippen molar-refractivity contribution in [2.75, 3.05) is 0 Å². The van der Waals surface area contributed by atoms with Gasteiger partial charge in [0.1, 0.15) is 0 Å². The molecule has 2 aromatic carbocycles. The van der Waals surface area contributed by atoms with Gasteiger partial charge in [0.25, 0.3) is 0 Å². The van der Waals surface area contributed by atoms with Crippen LogP contribution in [0.5, 0.6) is 0 Å². The maximum Gasteiger partial charge on any atom is 0.0488 e. The van der Waals surface area contributed by atoms with Crippen molar-refractivity contribution in [3.05, 3.63) is 78.0 Å². The molecule has 0 aliphatic rings. The van der Waals surface area contributed by atoms with Crippen molar-refractivity contribution in [3.63, 3.8) is 0 Å². The fourth-order valence-electron chi connectivity index (χ4n) is 2.48.